The molecule has 0 radical (unpaired) electrons. The highest BCUT2D eigenvalue weighted by atomic mass is 35.5. The van der Waals surface area contributed by atoms with E-state index in [1.54, 1.807) is 0 Å². The van der Waals surface area contributed by atoms with Crippen molar-refractivity contribution >= 4 is 22.5 Å². The Kier molecular flexibility index (Phi) is 3.57. The second-order valence-corrected chi connectivity index (χ2v) is 5.04. The summed E-state index contributed by atoms with van der Waals surface area (Å²) in [4.78, 5) is 4.40. The van der Waals surface area contributed by atoms with Crippen LogP contribution in [0.15, 0.2) is 54.6 Å². The Balaban J connectivity index is 1.87. The predicted octanol–water partition coefficient (Wildman–Crippen LogP) is 4.78. The van der Waals surface area contributed by atoms with Gasteiger partial charge in [-0.15, -0.1) is 0 Å². The number of nitrogens with zero attached hydrogens (tertiary/aromatic N) is 1. The molecule has 100 valence electrons. The number of fused-ring (bicyclic) bond motifs is 1. The minimum absolute atomic E-state index is 0.418. The summed E-state index contributed by atoms with van der Waals surface area (Å²) in [6.45, 7) is 2.44. The van der Waals surface area contributed by atoms with Crippen LogP contribution in [0.4, 0.5) is 0 Å². The van der Waals surface area contributed by atoms with Gasteiger partial charge in [-0.1, -0.05) is 48.0 Å². The Labute approximate surface area is 123 Å². The lowest BCUT2D eigenvalue weighted by Gasteiger charge is -2.10. The number of ether oxygens (including phenoxy) is 1. The molecule has 0 unspecified atom stereocenters. The van der Waals surface area contributed by atoms with Crippen LogP contribution in [0.25, 0.3) is 10.9 Å². The van der Waals surface area contributed by atoms with Crippen molar-refractivity contribution in [2.45, 2.75) is 13.5 Å². The Hall–Kier alpha value is -2.06. The minimum Gasteiger partial charge on any atom is -0.489 e. The van der Waals surface area contributed by atoms with Gasteiger partial charge in [0, 0.05) is 10.9 Å². The van der Waals surface area contributed by atoms with Crippen molar-refractivity contribution in [3.05, 3.63) is 70.9 Å². The molecular formula is C17H14ClNO. The molecule has 0 fully saturated rings. The summed E-state index contributed by atoms with van der Waals surface area (Å²) in [5.41, 5.74) is 2.91. The van der Waals surface area contributed by atoms with Crippen molar-refractivity contribution < 1.29 is 4.74 Å². The van der Waals surface area contributed by atoms with Gasteiger partial charge >= 0.3 is 0 Å². The normalized spacial score (nSPS) is 10.7. The molecule has 0 spiro atoms. The van der Waals surface area contributed by atoms with Crippen molar-refractivity contribution in [3.8, 4) is 5.75 Å². The van der Waals surface area contributed by atoms with Crippen molar-refractivity contribution in [1.29, 1.82) is 0 Å². The maximum absolute atomic E-state index is 6.22. The van der Waals surface area contributed by atoms with Crippen LogP contribution in [0.5, 0.6) is 5.75 Å². The van der Waals surface area contributed by atoms with E-state index < -0.39 is 0 Å². The number of pyridine rings is 1. The average Bonchev–Trinajstić information content (AvgIpc) is 2.46. The molecular weight excluding hydrogens is 270 g/mol. The Morgan fingerprint density at radius 1 is 1.05 bits per heavy atom. The SMILES string of the molecule is Cc1ccccc1OCc1cc2ccccc2nc1Cl. The maximum Gasteiger partial charge on any atom is 0.136 e. The van der Waals surface area contributed by atoms with Gasteiger partial charge in [0.1, 0.15) is 17.5 Å². The number of hydrogen-bond acceptors (Lipinski definition) is 2. The molecule has 2 aromatic carbocycles. The third kappa shape index (κ3) is 2.61. The highest BCUT2D eigenvalue weighted by molar-refractivity contribution is 6.30. The van der Waals surface area contributed by atoms with Gasteiger partial charge < -0.3 is 4.74 Å². The van der Waals surface area contributed by atoms with Crippen LogP contribution in [0.2, 0.25) is 5.15 Å². The van der Waals surface area contributed by atoms with Crippen molar-refractivity contribution in [2.24, 2.45) is 0 Å². The predicted molar refractivity (Wildman–Crippen MR) is 82.3 cm³/mol. The number of aromatic nitrogens is 1. The van der Waals surface area contributed by atoms with Crippen LogP contribution in [0.1, 0.15) is 11.1 Å². The number of rotatable bonds is 3. The van der Waals surface area contributed by atoms with E-state index in [2.05, 4.69) is 4.98 Å². The van der Waals surface area contributed by atoms with E-state index in [0.29, 0.717) is 11.8 Å². The fourth-order valence-corrected chi connectivity index (χ4v) is 2.31. The quantitative estimate of drug-likeness (QED) is 0.646. The first-order valence-electron chi connectivity index (χ1n) is 6.46. The summed E-state index contributed by atoms with van der Waals surface area (Å²) in [6.07, 6.45) is 0. The molecule has 0 saturated carbocycles. The molecule has 0 atom stereocenters. The first-order chi connectivity index (χ1) is 9.74. The third-order valence-electron chi connectivity index (χ3n) is 3.23. The molecule has 0 N–H and O–H groups in total. The molecule has 1 heterocycles. The molecule has 0 bridgehead atoms. The number of benzene rings is 2. The van der Waals surface area contributed by atoms with E-state index in [9.17, 15) is 0 Å². The van der Waals surface area contributed by atoms with Gasteiger partial charge in [-0.05, 0) is 30.7 Å². The molecule has 2 nitrogen and oxygen atoms in total. The molecule has 0 amide bonds. The van der Waals surface area contributed by atoms with Crippen LogP contribution < -0.4 is 4.74 Å². The molecule has 0 aliphatic heterocycles. The monoisotopic (exact) mass is 283 g/mol. The average molecular weight is 284 g/mol. The van der Waals surface area contributed by atoms with Gasteiger partial charge in [0.05, 0.1) is 5.52 Å². The fourth-order valence-electron chi connectivity index (χ4n) is 2.11. The second-order valence-electron chi connectivity index (χ2n) is 4.69. The lowest BCUT2D eigenvalue weighted by Crippen LogP contribution is -1.99. The summed E-state index contributed by atoms with van der Waals surface area (Å²) in [6, 6.07) is 17.9. The smallest absolute Gasteiger partial charge is 0.136 e. The van der Waals surface area contributed by atoms with Crippen LogP contribution in [0, 0.1) is 6.92 Å². The number of aryl methyl sites for hydroxylation is 1. The largest absolute Gasteiger partial charge is 0.489 e. The highest BCUT2D eigenvalue weighted by Gasteiger charge is 2.06. The second kappa shape index (κ2) is 5.51. The standard InChI is InChI=1S/C17H14ClNO/c1-12-6-2-5-9-16(12)20-11-14-10-13-7-3-4-8-15(13)19-17(14)18/h2-10H,11H2,1H3. The number of halogens is 1. The molecule has 3 aromatic rings. The molecule has 0 aliphatic carbocycles. The lowest BCUT2D eigenvalue weighted by molar-refractivity contribution is 0.304. The van der Waals surface area contributed by atoms with Gasteiger partial charge in [-0.3, -0.25) is 0 Å². The van der Waals surface area contributed by atoms with Crippen LogP contribution in [-0.4, -0.2) is 4.98 Å². The number of hydrogen-bond donors (Lipinski definition) is 0. The minimum atomic E-state index is 0.418. The van der Waals surface area contributed by atoms with Crippen LogP contribution in [-0.2, 0) is 6.61 Å². The summed E-state index contributed by atoms with van der Waals surface area (Å²) in [5, 5.41) is 1.57. The maximum atomic E-state index is 6.22. The van der Waals surface area contributed by atoms with Crippen LogP contribution in [0.3, 0.4) is 0 Å². The molecule has 1 aromatic heterocycles. The van der Waals surface area contributed by atoms with E-state index in [4.69, 9.17) is 16.3 Å². The molecule has 20 heavy (non-hydrogen) atoms. The van der Waals surface area contributed by atoms with E-state index in [1.165, 1.54) is 0 Å². The summed E-state index contributed by atoms with van der Waals surface area (Å²) in [5.74, 6) is 0.872. The summed E-state index contributed by atoms with van der Waals surface area (Å²) < 4.78 is 5.83. The Morgan fingerprint density at radius 2 is 1.80 bits per heavy atom. The third-order valence-corrected chi connectivity index (χ3v) is 3.55. The molecule has 0 aliphatic rings. The van der Waals surface area contributed by atoms with Gasteiger partial charge in [0.2, 0.25) is 0 Å². The first kappa shape index (κ1) is 12.9. The molecule has 3 heteroatoms. The molecule has 3 rings (SSSR count). The van der Waals surface area contributed by atoms with Gasteiger partial charge in [0.15, 0.2) is 0 Å². The first-order valence-corrected chi connectivity index (χ1v) is 6.84. The van der Waals surface area contributed by atoms with Crippen molar-refractivity contribution in [3.63, 3.8) is 0 Å². The summed E-state index contributed by atoms with van der Waals surface area (Å²) >= 11 is 6.22. The Morgan fingerprint density at radius 3 is 2.65 bits per heavy atom. The summed E-state index contributed by atoms with van der Waals surface area (Å²) in [7, 11) is 0. The van der Waals surface area contributed by atoms with Gasteiger partial charge in [-0.25, -0.2) is 4.98 Å². The fraction of sp³-hybridized carbons (Fsp3) is 0.118. The van der Waals surface area contributed by atoms with Gasteiger partial charge in [0.25, 0.3) is 0 Å². The van der Waals surface area contributed by atoms with E-state index in [1.807, 2.05) is 61.5 Å². The Bertz CT molecular complexity index is 755. The van der Waals surface area contributed by atoms with Gasteiger partial charge in [-0.2, -0.15) is 0 Å². The number of para-hydroxylation sites is 2. The molecule has 0 saturated heterocycles. The van der Waals surface area contributed by atoms with E-state index in [-0.39, 0.29) is 0 Å². The lowest BCUT2D eigenvalue weighted by atomic mass is 10.1. The zero-order chi connectivity index (χ0) is 13.9. The topological polar surface area (TPSA) is 22.1 Å². The van der Waals surface area contributed by atoms with Crippen molar-refractivity contribution in [2.75, 3.05) is 0 Å². The van der Waals surface area contributed by atoms with Crippen LogP contribution >= 0.6 is 11.6 Å². The van der Waals surface area contributed by atoms with E-state index in [0.717, 1.165) is 27.8 Å². The highest BCUT2D eigenvalue weighted by Crippen LogP contribution is 2.23. The zero-order valence-electron chi connectivity index (χ0n) is 11.1. The van der Waals surface area contributed by atoms with Crippen molar-refractivity contribution in [1.82, 2.24) is 4.98 Å². The van der Waals surface area contributed by atoms with E-state index >= 15 is 0 Å². The zero-order valence-corrected chi connectivity index (χ0v) is 11.9.